The van der Waals surface area contributed by atoms with E-state index in [0.717, 1.165) is 12.8 Å². The molecule has 2 atom stereocenters. The molecule has 2 nitrogen and oxygen atoms in total. The van der Waals surface area contributed by atoms with Crippen LogP contribution in [-0.4, -0.2) is 24.4 Å². The van der Waals surface area contributed by atoms with Crippen molar-refractivity contribution in [2.75, 3.05) is 7.11 Å². The molecule has 13 heavy (non-hydrogen) atoms. The summed E-state index contributed by atoms with van der Waals surface area (Å²) in [6.45, 7) is 9.83. The van der Waals surface area contributed by atoms with Crippen molar-refractivity contribution in [3.8, 4) is 0 Å². The van der Waals surface area contributed by atoms with Crippen molar-refractivity contribution in [3.05, 3.63) is 12.7 Å². The Morgan fingerprint density at radius 1 is 1.46 bits per heavy atom. The van der Waals surface area contributed by atoms with E-state index < -0.39 is 6.10 Å². The first-order chi connectivity index (χ1) is 5.93. The lowest BCUT2D eigenvalue weighted by molar-refractivity contribution is -0.0727. The Bertz CT molecular complexity index is 147. The van der Waals surface area contributed by atoms with Crippen molar-refractivity contribution >= 4 is 0 Å². The Balaban J connectivity index is 4.14. The Labute approximate surface area is 81.6 Å². The largest absolute Gasteiger partial charge is 0.390 e. The molecule has 0 aromatic heterocycles. The minimum atomic E-state index is -0.400. The van der Waals surface area contributed by atoms with E-state index in [1.54, 1.807) is 7.11 Å². The van der Waals surface area contributed by atoms with Crippen LogP contribution in [-0.2, 0) is 4.74 Å². The molecule has 0 amide bonds. The highest BCUT2D eigenvalue weighted by atomic mass is 16.5. The van der Waals surface area contributed by atoms with Crippen molar-refractivity contribution < 1.29 is 9.84 Å². The smallest absolute Gasteiger partial charge is 0.0878 e. The van der Waals surface area contributed by atoms with Crippen LogP contribution < -0.4 is 0 Å². The summed E-state index contributed by atoms with van der Waals surface area (Å²) in [4.78, 5) is 0. The van der Waals surface area contributed by atoms with Crippen LogP contribution in [0.1, 0.15) is 33.6 Å². The van der Waals surface area contributed by atoms with E-state index in [2.05, 4.69) is 27.4 Å². The standard InChI is InChI=1S/C11H22O2/c1-6-7-8-9(12)10(13-5)11(2,3)4/h6,9-10,12H,1,7-8H2,2-5H3. The van der Waals surface area contributed by atoms with Crippen molar-refractivity contribution in [2.24, 2.45) is 5.41 Å². The summed E-state index contributed by atoms with van der Waals surface area (Å²) in [5.41, 5.74) is -0.0185. The minimum Gasteiger partial charge on any atom is -0.390 e. The maximum absolute atomic E-state index is 9.80. The maximum atomic E-state index is 9.80. The predicted octanol–water partition coefficient (Wildman–Crippen LogP) is 2.37. The zero-order valence-corrected chi connectivity index (χ0v) is 9.21. The van der Waals surface area contributed by atoms with Crippen LogP contribution in [0.15, 0.2) is 12.7 Å². The van der Waals surface area contributed by atoms with E-state index in [-0.39, 0.29) is 11.5 Å². The highest BCUT2D eigenvalue weighted by Crippen LogP contribution is 2.26. The number of ether oxygens (including phenoxy) is 1. The average molecular weight is 186 g/mol. The lowest BCUT2D eigenvalue weighted by Gasteiger charge is -2.33. The molecular formula is C11H22O2. The molecule has 0 spiro atoms. The molecule has 0 aromatic rings. The topological polar surface area (TPSA) is 29.5 Å². The van der Waals surface area contributed by atoms with Crippen molar-refractivity contribution in [2.45, 2.75) is 45.8 Å². The number of aliphatic hydroxyl groups excluding tert-OH is 1. The molecule has 2 unspecified atom stereocenters. The molecule has 0 heterocycles. The maximum Gasteiger partial charge on any atom is 0.0878 e. The van der Waals surface area contributed by atoms with Gasteiger partial charge in [-0.3, -0.25) is 0 Å². The van der Waals surface area contributed by atoms with E-state index in [1.807, 2.05) is 6.08 Å². The molecule has 0 aliphatic rings. The van der Waals surface area contributed by atoms with Gasteiger partial charge in [-0.05, 0) is 18.3 Å². The molecule has 0 radical (unpaired) electrons. The van der Waals surface area contributed by atoms with E-state index in [9.17, 15) is 5.11 Å². The molecule has 0 fully saturated rings. The summed E-state index contributed by atoms with van der Waals surface area (Å²) < 4.78 is 5.29. The van der Waals surface area contributed by atoms with E-state index >= 15 is 0 Å². The average Bonchev–Trinajstić information content (AvgIpc) is 1.99. The fraction of sp³-hybridized carbons (Fsp3) is 0.818. The number of allylic oxidation sites excluding steroid dienone is 1. The molecule has 0 bridgehead atoms. The lowest BCUT2D eigenvalue weighted by Crippen LogP contribution is -2.39. The third-order valence-electron chi connectivity index (χ3n) is 2.12. The number of methoxy groups -OCH3 is 1. The molecule has 0 aliphatic heterocycles. The van der Waals surface area contributed by atoms with Crippen molar-refractivity contribution in [1.29, 1.82) is 0 Å². The third-order valence-corrected chi connectivity index (χ3v) is 2.12. The summed E-state index contributed by atoms with van der Waals surface area (Å²) in [5.74, 6) is 0. The highest BCUT2D eigenvalue weighted by Gasteiger charge is 2.30. The lowest BCUT2D eigenvalue weighted by atomic mass is 9.84. The fourth-order valence-electron chi connectivity index (χ4n) is 1.53. The number of rotatable bonds is 5. The summed E-state index contributed by atoms with van der Waals surface area (Å²) in [6, 6.07) is 0. The van der Waals surface area contributed by atoms with Gasteiger partial charge in [0.2, 0.25) is 0 Å². The first-order valence-corrected chi connectivity index (χ1v) is 4.75. The molecule has 1 N–H and O–H groups in total. The Kier molecular flexibility index (Phi) is 5.26. The van der Waals surface area contributed by atoms with Gasteiger partial charge in [0.15, 0.2) is 0 Å². The molecule has 0 saturated heterocycles. The summed E-state index contributed by atoms with van der Waals surface area (Å²) in [5, 5.41) is 9.80. The Morgan fingerprint density at radius 2 is 2.00 bits per heavy atom. The summed E-state index contributed by atoms with van der Waals surface area (Å²) >= 11 is 0. The van der Waals surface area contributed by atoms with Crippen molar-refractivity contribution in [1.82, 2.24) is 0 Å². The first kappa shape index (κ1) is 12.7. The second kappa shape index (κ2) is 5.40. The van der Waals surface area contributed by atoms with Gasteiger partial charge in [0.05, 0.1) is 12.2 Å². The molecule has 2 heteroatoms. The van der Waals surface area contributed by atoms with Gasteiger partial charge in [0.25, 0.3) is 0 Å². The normalized spacial score (nSPS) is 16.7. The predicted molar refractivity (Wildman–Crippen MR) is 55.7 cm³/mol. The van der Waals surface area contributed by atoms with Crippen LogP contribution in [0.2, 0.25) is 0 Å². The summed E-state index contributed by atoms with van der Waals surface area (Å²) in [7, 11) is 1.65. The van der Waals surface area contributed by atoms with E-state index in [0.29, 0.717) is 0 Å². The molecule has 0 aromatic carbocycles. The van der Waals surface area contributed by atoms with Crippen LogP contribution >= 0.6 is 0 Å². The molecule has 0 rings (SSSR count). The fourth-order valence-corrected chi connectivity index (χ4v) is 1.53. The molecule has 0 saturated carbocycles. The van der Waals surface area contributed by atoms with Gasteiger partial charge < -0.3 is 9.84 Å². The second-order valence-electron chi connectivity index (χ2n) is 4.46. The number of hydrogen-bond donors (Lipinski definition) is 1. The van der Waals surface area contributed by atoms with Gasteiger partial charge in [-0.2, -0.15) is 0 Å². The molecule has 0 aliphatic carbocycles. The zero-order valence-electron chi connectivity index (χ0n) is 9.21. The van der Waals surface area contributed by atoms with Crippen LogP contribution in [0.4, 0.5) is 0 Å². The highest BCUT2D eigenvalue weighted by molar-refractivity contribution is 4.82. The number of hydrogen-bond acceptors (Lipinski definition) is 2. The minimum absolute atomic E-state index is 0.0185. The molecule has 78 valence electrons. The summed E-state index contributed by atoms with van der Waals surface area (Å²) in [6.07, 6.45) is 2.87. The quantitative estimate of drug-likeness (QED) is 0.668. The molecular weight excluding hydrogens is 164 g/mol. The van der Waals surface area contributed by atoms with E-state index in [1.165, 1.54) is 0 Å². The number of aliphatic hydroxyl groups is 1. The second-order valence-corrected chi connectivity index (χ2v) is 4.46. The SMILES string of the molecule is C=CCCC(O)C(OC)C(C)(C)C. The van der Waals surface area contributed by atoms with Gasteiger partial charge in [-0.15, -0.1) is 6.58 Å². The van der Waals surface area contributed by atoms with Crippen molar-refractivity contribution in [3.63, 3.8) is 0 Å². The Hall–Kier alpha value is -0.340. The van der Waals surface area contributed by atoms with Gasteiger partial charge in [-0.1, -0.05) is 26.8 Å². The third kappa shape index (κ3) is 4.44. The first-order valence-electron chi connectivity index (χ1n) is 4.75. The Morgan fingerprint density at radius 3 is 2.31 bits per heavy atom. The van der Waals surface area contributed by atoms with Gasteiger partial charge in [-0.25, -0.2) is 0 Å². The van der Waals surface area contributed by atoms with E-state index in [4.69, 9.17) is 4.74 Å². The van der Waals surface area contributed by atoms with Gasteiger partial charge >= 0.3 is 0 Å². The van der Waals surface area contributed by atoms with Crippen LogP contribution in [0, 0.1) is 5.41 Å². The van der Waals surface area contributed by atoms with Crippen LogP contribution in [0.5, 0.6) is 0 Å². The van der Waals surface area contributed by atoms with Gasteiger partial charge in [0.1, 0.15) is 0 Å². The monoisotopic (exact) mass is 186 g/mol. The zero-order chi connectivity index (χ0) is 10.5. The van der Waals surface area contributed by atoms with Gasteiger partial charge in [0, 0.05) is 7.11 Å². The van der Waals surface area contributed by atoms with Crippen LogP contribution in [0.25, 0.3) is 0 Å². The van der Waals surface area contributed by atoms with Crippen LogP contribution in [0.3, 0.4) is 0 Å².